The van der Waals surface area contributed by atoms with Crippen molar-refractivity contribution in [2.75, 3.05) is 5.75 Å². The van der Waals surface area contributed by atoms with E-state index in [-0.39, 0.29) is 0 Å². The number of nitrogens with zero attached hydrogens (tertiary/aromatic N) is 2. The lowest BCUT2D eigenvalue weighted by molar-refractivity contribution is -0.00767. The normalized spacial score (nSPS) is 24.4. The Bertz CT molecular complexity index is 764. The Labute approximate surface area is 160 Å². The van der Waals surface area contributed by atoms with E-state index in [0.29, 0.717) is 5.41 Å². The van der Waals surface area contributed by atoms with Crippen molar-refractivity contribution in [2.24, 2.45) is 17.3 Å². The molecule has 2 nitrogen and oxygen atoms in total. The van der Waals surface area contributed by atoms with E-state index >= 15 is 0 Å². The summed E-state index contributed by atoms with van der Waals surface area (Å²) >= 11 is 7.01. The van der Waals surface area contributed by atoms with Crippen molar-refractivity contribution in [3.05, 3.63) is 40.4 Å². The third-order valence-electron chi connectivity index (χ3n) is 5.70. The molecule has 3 aliphatic carbocycles. The fourth-order valence-corrected chi connectivity index (χ4v) is 6.17. The number of aromatic nitrogens is 2. The lowest BCUT2D eigenvalue weighted by Crippen LogP contribution is -2.48. The van der Waals surface area contributed by atoms with Gasteiger partial charge in [-0.1, -0.05) is 76.7 Å². The molecule has 2 unspecified atom stereocenters. The van der Waals surface area contributed by atoms with Crippen LogP contribution in [-0.2, 0) is 0 Å². The Kier molecular flexibility index (Phi) is 4.61. The van der Waals surface area contributed by atoms with Crippen molar-refractivity contribution < 1.29 is 0 Å². The summed E-state index contributed by atoms with van der Waals surface area (Å²) in [6, 6.07) is 8.27. The molecule has 0 aliphatic heterocycles. The first-order valence-electron chi connectivity index (χ1n) is 8.45. The quantitative estimate of drug-likeness (QED) is 0.410. The van der Waals surface area contributed by atoms with E-state index < -0.39 is 0 Å². The van der Waals surface area contributed by atoms with Gasteiger partial charge in [-0.2, -0.15) is 0 Å². The average Bonchev–Trinajstić information content (AvgIpc) is 3.04. The summed E-state index contributed by atoms with van der Waals surface area (Å²) in [7, 11) is 0. The van der Waals surface area contributed by atoms with E-state index in [1.807, 2.05) is 23.9 Å². The molecular weight excluding hydrogens is 400 g/mol. The molecule has 2 aromatic rings. The highest BCUT2D eigenvalue weighted by atomic mass is 79.9. The minimum absolute atomic E-state index is 0.534. The summed E-state index contributed by atoms with van der Waals surface area (Å²) in [6.07, 6.45) is 6.41. The van der Waals surface area contributed by atoms with Crippen LogP contribution in [0.5, 0.6) is 0 Å². The first-order valence-corrected chi connectivity index (χ1v) is 11.0. The molecular formula is C19H21BrN2S2. The summed E-state index contributed by atoms with van der Waals surface area (Å²) < 4.78 is 2.17. The first-order chi connectivity index (χ1) is 11.5. The van der Waals surface area contributed by atoms with Crippen molar-refractivity contribution in [2.45, 2.75) is 37.4 Å². The smallest absolute Gasteiger partial charge is 0.137 e. The van der Waals surface area contributed by atoms with E-state index in [9.17, 15) is 0 Å². The van der Waals surface area contributed by atoms with Gasteiger partial charge in [-0.25, -0.2) is 0 Å². The summed E-state index contributed by atoms with van der Waals surface area (Å²) in [5.41, 5.74) is 3.36. The zero-order valence-electron chi connectivity index (χ0n) is 14.0. The molecule has 24 heavy (non-hydrogen) atoms. The fraction of sp³-hybridized carbons (Fsp3) is 0.474. The average molecular weight is 421 g/mol. The lowest BCUT2D eigenvalue weighted by Gasteiger charge is -2.56. The molecule has 0 spiro atoms. The third kappa shape index (κ3) is 3.11. The Morgan fingerprint density at radius 1 is 1.25 bits per heavy atom. The summed E-state index contributed by atoms with van der Waals surface area (Å²) in [5, 5.41) is 9.71. The molecule has 1 heterocycles. The number of rotatable bonds is 5. The van der Waals surface area contributed by atoms with Crippen molar-refractivity contribution in [3.8, 4) is 10.6 Å². The van der Waals surface area contributed by atoms with E-state index in [0.717, 1.165) is 37.0 Å². The standard InChI is InChI=1S/C19H21BrN2S2/c1-19(2)14-6-3-12(16(19)11-14)9-10-23-18-22-21-17(24-18)13-4-7-15(20)8-5-13/h3-5,7-8,14,16H,6,9-11H2,1-2H3. The van der Waals surface area contributed by atoms with Gasteiger partial charge in [-0.15, -0.1) is 10.2 Å². The molecule has 0 radical (unpaired) electrons. The van der Waals surface area contributed by atoms with Crippen molar-refractivity contribution in [1.82, 2.24) is 10.2 Å². The Balaban J connectivity index is 1.34. The maximum absolute atomic E-state index is 4.36. The van der Waals surface area contributed by atoms with Gasteiger partial charge in [0.1, 0.15) is 5.01 Å². The molecule has 2 bridgehead atoms. The molecule has 5 heteroatoms. The Morgan fingerprint density at radius 2 is 2.04 bits per heavy atom. The predicted octanol–water partition coefficient (Wildman–Crippen LogP) is 6.44. The van der Waals surface area contributed by atoms with Crippen LogP contribution in [-0.4, -0.2) is 16.0 Å². The number of hydrogen-bond acceptors (Lipinski definition) is 4. The van der Waals surface area contributed by atoms with E-state index in [4.69, 9.17) is 0 Å². The van der Waals surface area contributed by atoms with Crippen LogP contribution in [0.2, 0.25) is 0 Å². The predicted molar refractivity (Wildman–Crippen MR) is 106 cm³/mol. The number of benzene rings is 1. The third-order valence-corrected chi connectivity index (χ3v) is 8.33. The number of allylic oxidation sites excluding steroid dienone is 2. The SMILES string of the molecule is CC1(C)C2CC=C(CCSc3nnc(-c4ccc(Br)cc4)s3)C1C2. The minimum atomic E-state index is 0.534. The van der Waals surface area contributed by atoms with Gasteiger partial charge in [-0.3, -0.25) is 0 Å². The van der Waals surface area contributed by atoms with Gasteiger partial charge >= 0.3 is 0 Å². The summed E-state index contributed by atoms with van der Waals surface area (Å²) in [5.74, 6) is 2.86. The first kappa shape index (κ1) is 16.8. The molecule has 5 rings (SSSR count). The molecule has 3 aliphatic rings. The fourth-order valence-electron chi connectivity index (χ4n) is 3.99. The molecule has 1 fully saturated rings. The zero-order valence-corrected chi connectivity index (χ0v) is 17.2. The highest BCUT2D eigenvalue weighted by molar-refractivity contribution is 9.10. The minimum Gasteiger partial charge on any atom is -0.137 e. The summed E-state index contributed by atoms with van der Waals surface area (Å²) in [4.78, 5) is 0. The number of thioether (sulfide) groups is 1. The molecule has 126 valence electrons. The summed E-state index contributed by atoms with van der Waals surface area (Å²) in [6.45, 7) is 4.89. The van der Waals surface area contributed by atoms with Crippen LogP contribution < -0.4 is 0 Å². The van der Waals surface area contributed by atoms with E-state index in [1.165, 1.54) is 19.3 Å². The van der Waals surface area contributed by atoms with E-state index in [2.05, 4.69) is 58.2 Å². The van der Waals surface area contributed by atoms with Crippen LogP contribution in [0.25, 0.3) is 10.6 Å². The highest BCUT2D eigenvalue weighted by Crippen LogP contribution is 2.59. The van der Waals surface area contributed by atoms with Crippen LogP contribution >= 0.6 is 39.0 Å². The van der Waals surface area contributed by atoms with Crippen LogP contribution in [0.4, 0.5) is 0 Å². The van der Waals surface area contributed by atoms with Crippen LogP contribution in [0.3, 0.4) is 0 Å². The van der Waals surface area contributed by atoms with Crippen LogP contribution in [0, 0.1) is 17.3 Å². The largest absolute Gasteiger partial charge is 0.174 e. The zero-order chi connectivity index (χ0) is 16.7. The van der Waals surface area contributed by atoms with Gasteiger partial charge in [0, 0.05) is 15.8 Å². The second-order valence-corrected chi connectivity index (χ2v) is 10.5. The van der Waals surface area contributed by atoms with Gasteiger partial charge in [0.25, 0.3) is 0 Å². The molecule has 1 aromatic heterocycles. The van der Waals surface area contributed by atoms with Gasteiger partial charge in [-0.05, 0) is 48.6 Å². The lowest BCUT2D eigenvalue weighted by atomic mass is 9.48. The van der Waals surface area contributed by atoms with Crippen molar-refractivity contribution in [1.29, 1.82) is 0 Å². The van der Waals surface area contributed by atoms with Crippen LogP contribution in [0.15, 0.2) is 44.7 Å². The molecule has 2 atom stereocenters. The molecule has 0 amide bonds. The van der Waals surface area contributed by atoms with Crippen LogP contribution in [0.1, 0.15) is 33.1 Å². The van der Waals surface area contributed by atoms with Gasteiger partial charge in [0.15, 0.2) is 4.34 Å². The molecule has 1 saturated carbocycles. The molecule has 1 aromatic carbocycles. The number of hydrogen-bond donors (Lipinski definition) is 0. The number of fused-ring (bicyclic) bond motifs is 1. The van der Waals surface area contributed by atoms with Gasteiger partial charge in [0.05, 0.1) is 0 Å². The second kappa shape index (κ2) is 6.58. The van der Waals surface area contributed by atoms with Gasteiger partial charge in [0.2, 0.25) is 0 Å². The Morgan fingerprint density at radius 3 is 2.75 bits per heavy atom. The monoisotopic (exact) mass is 420 g/mol. The number of halogens is 1. The molecule has 0 saturated heterocycles. The maximum Gasteiger partial charge on any atom is 0.174 e. The van der Waals surface area contributed by atoms with Crippen molar-refractivity contribution >= 4 is 39.0 Å². The Hall–Kier alpha value is -0.650. The highest BCUT2D eigenvalue weighted by Gasteiger charge is 2.50. The topological polar surface area (TPSA) is 25.8 Å². The maximum atomic E-state index is 4.36. The van der Waals surface area contributed by atoms with Gasteiger partial charge < -0.3 is 0 Å². The van der Waals surface area contributed by atoms with E-state index in [1.54, 1.807) is 16.9 Å². The molecule has 0 N–H and O–H groups in total. The second-order valence-electron chi connectivity index (χ2n) is 7.30. The van der Waals surface area contributed by atoms with Crippen molar-refractivity contribution in [3.63, 3.8) is 0 Å².